The SMILES string of the molecule is O=CC(Cc1ccc(F)c(Cl)c1)c1ccccc1. The van der Waals surface area contributed by atoms with Crippen LogP contribution in [0.1, 0.15) is 17.0 Å². The van der Waals surface area contributed by atoms with Crippen LogP contribution in [-0.4, -0.2) is 6.29 Å². The molecule has 0 spiro atoms. The quantitative estimate of drug-likeness (QED) is 0.761. The van der Waals surface area contributed by atoms with Gasteiger partial charge in [0.05, 0.1) is 5.02 Å². The number of carbonyl (C=O) groups is 1. The number of carbonyl (C=O) groups excluding carboxylic acids is 1. The molecule has 0 aliphatic rings. The van der Waals surface area contributed by atoms with Gasteiger partial charge >= 0.3 is 0 Å². The van der Waals surface area contributed by atoms with Gasteiger partial charge in [0.25, 0.3) is 0 Å². The molecule has 0 aromatic heterocycles. The van der Waals surface area contributed by atoms with Crippen LogP contribution in [0.4, 0.5) is 4.39 Å². The summed E-state index contributed by atoms with van der Waals surface area (Å²) >= 11 is 5.72. The van der Waals surface area contributed by atoms with Crippen LogP contribution < -0.4 is 0 Å². The lowest BCUT2D eigenvalue weighted by Crippen LogP contribution is -2.04. The van der Waals surface area contributed by atoms with E-state index in [1.165, 1.54) is 6.07 Å². The molecule has 0 heterocycles. The Hall–Kier alpha value is -1.67. The second-order valence-electron chi connectivity index (χ2n) is 4.11. The Bertz CT molecular complexity index is 539. The van der Waals surface area contributed by atoms with Crippen molar-refractivity contribution in [3.8, 4) is 0 Å². The van der Waals surface area contributed by atoms with Crippen LogP contribution >= 0.6 is 11.6 Å². The first kappa shape index (κ1) is 12.8. The van der Waals surface area contributed by atoms with E-state index < -0.39 is 5.82 Å². The number of halogens is 2. The summed E-state index contributed by atoms with van der Waals surface area (Å²) in [7, 11) is 0. The zero-order valence-corrected chi connectivity index (χ0v) is 10.4. The third kappa shape index (κ3) is 2.96. The summed E-state index contributed by atoms with van der Waals surface area (Å²) < 4.78 is 13.0. The van der Waals surface area contributed by atoms with Gasteiger partial charge in [0.1, 0.15) is 12.1 Å². The molecule has 2 aromatic rings. The predicted octanol–water partition coefficient (Wildman–Crippen LogP) is 4.00. The third-order valence-corrected chi connectivity index (χ3v) is 3.12. The maximum Gasteiger partial charge on any atom is 0.141 e. The van der Waals surface area contributed by atoms with Crippen LogP contribution in [0.5, 0.6) is 0 Å². The molecule has 2 rings (SSSR count). The first-order chi connectivity index (χ1) is 8.70. The summed E-state index contributed by atoms with van der Waals surface area (Å²) in [5.74, 6) is -0.671. The molecule has 2 aromatic carbocycles. The molecule has 0 N–H and O–H groups in total. The van der Waals surface area contributed by atoms with E-state index in [2.05, 4.69) is 0 Å². The molecule has 0 saturated carbocycles. The Kier molecular flexibility index (Phi) is 4.11. The van der Waals surface area contributed by atoms with E-state index >= 15 is 0 Å². The second kappa shape index (κ2) is 5.78. The highest BCUT2D eigenvalue weighted by molar-refractivity contribution is 6.30. The van der Waals surface area contributed by atoms with Gasteiger partial charge < -0.3 is 4.79 Å². The van der Waals surface area contributed by atoms with Gasteiger partial charge in [-0.15, -0.1) is 0 Å². The first-order valence-electron chi connectivity index (χ1n) is 5.65. The molecule has 0 saturated heterocycles. The molecular weight excluding hydrogens is 251 g/mol. The number of hydrogen-bond acceptors (Lipinski definition) is 1. The molecule has 1 unspecified atom stereocenters. The largest absolute Gasteiger partial charge is 0.303 e. The van der Waals surface area contributed by atoms with Crippen molar-refractivity contribution in [3.05, 3.63) is 70.5 Å². The summed E-state index contributed by atoms with van der Waals surface area (Å²) in [4.78, 5) is 11.2. The number of hydrogen-bond donors (Lipinski definition) is 0. The van der Waals surface area contributed by atoms with Crippen LogP contribution in [0.15, 0.2) is 48.5 Å². The summed E-state index contributed by atoms with van der Waals surface area (Å²) in [6.45, 7) is 0. The minimum atomic E-state index is -0.442. The van der Waals surface area contributed by atoms with E-state index in [-0.39, 0.29) is 10.9 Å². The fraction of sp³-hybridized carbons (Fsp3) is 0.133. The van der Waals surface area contributed by atoms with Gasteiger partial charge in [-0.05, 0) is 29.7 Å². The van der Waals surface area contributed by atoms with Crippen molar-refractivity contribution >= 4 is 17.9 Å². The maximum absolute atomic E-state index is 13.0. The Morgan fingerprint density at radius 3 is 2.50 bits per heavy atom. The summed E-state index contributed by atoms with van der Waals surface area (Å²) in [6.07, 6.45) is 1.43. The Morgan fingerprint density at radius 2 is 1.89 bits per heavy atom. The van der Waals surface area contributed by atoms with Gasteiger partial charge in [0, 0.05) is 5.92 Å². The number of benzene rings is 2. The normalized spacial score (nSPS) is 12.1. The summed E-state index contributed by atoms with van der Waals surface area (Å²) in [5, 5.41) is 0.0882. The summed E-state index contributed by atoms with van der Waals surface area (Å²) in [5.41, 5.74) is 1.80. The minimum absolute atomic E-state index is 0.0882. The molecule has 0 bridgehead atoms. The molecule has 1 nitrogen and oxygen atoms in total. The minimum Gasteiger partial charge on any atom is -0.303 e. The van der Waals surface area contributed by atoms with Crippen LogP contribution in [0.3, 0.4) is 0 Å². The lowest BCUT2D eigenvalue weighted by molar-refractivity contribution is -0.109. The van der Waals surface area contributed by atoms with Gasteiger partial charge in [-0.3, -0.25) is 0 Å². The smallest absolute Gasteiger partial charge is 0.141 e. The molecule has 0 fully saturated rings. The average Bonchev–Trinajstić information content (AvgIpc) is 2.41. The maximum atomic E-state index is 13.0. The number of aldehydes is 1. The molecule has 0 radical (unpaired) electrons. The highest BCUT2D eigenvalue weighted by Crippen LogP contribution is 2.22. The van der Waals surface area contributed by atoms with Crippen LogP contribution in [0, 0.1) is 5.82 Å². The monoisotopic (exact) mass is 262 g/mol. The number of rotatable bonds is 4. The molecule has 1 atom stereocenters. The van der Waals surface area contributed by atoms with Crippen molar-refractivity contribution < 1.29 is 9.18 Å². The topological polar surface area (TPSA) is 17.1 Å². The van der Waals surface area contributed by atoms with Gasteiger partial charge in [-0.25, -0.2) is 4.39 Å². The first-order valence-corrected chi connectivity index (χ1v) is 6.02. The highest BCUT2D eigenvalue weighted by Gasteiger charge is 2.12. The zero-order chi connectivity index (χ0) is 13.0. The van der Waals surface area contributed by atoms with Crippen molar-refractivity contribution in [1.29, 1.82) is 0 Å². The van der Waals surface area contributed by atoms with Crippen molar-refractivity contribution in [2.24, 2.45) is 0 Å². The Balaban J connectivity index is 2.21. The van der Waals surface area contributed by atoms with Crippen molar-refractivity contribution in [1.82, 2.24) is 0 Å². The van der Waals surface area contributed by atoms with Crippen LogP contribution in [-0.2, 0) is 11.2 Å². The fourth-order valence-electron chi connectivity index (χ4n) is 1.87. The van der Waals surface area contributed by atoms with Crippen LogP contribution in [0.25, 0.3) is 0 Å². The van der Waals surface area contributed by atoms with E-state index in [1.54, 1.807) is 12.1 Å². The lowest BCUT2D eigenvalue weighted by Gasteiger charge is -2.11. The second-order valence-corrected chi connectivity index (χ2v) is 4.51. The summed E-state index contributed by atoms with van der Waals surface area (Å²) in [6, 6.07) is 14.0. The molecule has 92 valence electrons. The van der Waals surface area contributed by atoms with Crippen molar-refractivity contribution in [3.63, 3.8) is 0 Å². The van der Waals surface area contributed by atoms with Crippen molar-refractivity contribution in [2.75, 3.05) is 0 Å². The van der Waals surface area contributed by atoms with E-state index in [0.29, 0.717) is 6.42 Å². The van der Waals surface area contributed by atoms with Gasteiger partial charge in [-0.1, -0.05) is 48.0 Å². The highest BCUT2D eigenvalue weighted by atomic mass is 35.5. The molecular formula is C15H12ClFO. The average molecular weight is 263 g/mol. The standard InChI is InChI=1S/C15H12ClFO/c16-14-9-11(6-7-15(14)17)8-13(10-18)12-4-2-1-3-5-12/h1-7,9-10,13H,8H2. The van der Waals surface area contributed by atoms with E-state index in [4.69, 9.17) is 11.6 Å². The molecule has 0 amide bonds. The fourth-order valence-corrected chi connectivity index (χ4v) is 2.07. The third-order valence-electron chi connectivity index (χ3n) is 2.83. The van der Waals surface area contributed by atoms with Gasteiger partial charge in [0.2, 0.25) is 0 Å². The van der Waals surface area contributed by atoms with Gasteiger partial charge in [0.15, 0.2) is 0 Å². The Morgan fingerprint density at radius 1 is 1.17 bits per heavy atom. The zero-order valence-electron chi connectivity index (χ0n) is 9.64. The van der Waals surface area contributed by atoms with E-state index in [9.17, 15) is 9.18 Å². The molecule has 3 heteroatoms. The van der Waals surface area contributed by atoms with Crippen LogP contribution in [0.2, 0.25) is 5.02 Å². The van der Waals surface area contributed by atoms with E-state index in [0.717, 1.165) is 17.4 Å². The molecule has 0 aliphatic carbocycles. The van der Waals surface area contributed by atoms with Gasteiger partial charge in [-0.2, -0.15) is 0 Å². The van der Waals surface area contributed by atoms with Crippen molar-refractivity contribution in [2.45, 2.75) is 12.3 Å². The predicted molar refractivity (Wildman–Crippen MR) is 70.4 cm³/mol. The molecule has 18 heavy (non-hydrogen) atoms. The lowest BCUT2D eigenvalue weighted by atomic mass is 9.93. The molecule has 0 aliphatic heterocycles. The van der Waals surface area contributed by atoms with E-state index in [1.807, 2.05) is 30.3 Å². The Labute approximate surface area is 110 Å².